The maximum Gasteiger partial charge on any atom is 0.255 e. The number of alkyl halides is 3. The molecule has 1 aromatic heterocycles. The minimum atomic E-state index is -1.91. The van der Waals surface area contributed by atoms with Gasteiger partial charge in [0.05, 0.1) is 5.69 Å². The van der Waals surface area contributed by atoms with E-state index < -0.39 is 9.58 Å². The lowest BCUT2D eigenvalue weighted by Gasteiger charge is -2.11. The van der Waals surface area contributed by atoms with Gasteiger partial charge in [-0.15, -0.1) is 6.58 Å². The summed E-state index contributed by atoms with van der Waals surface area (Å²) in [6.07, 6.45) is 3.39. The molecule has 0 amide bonds. The van der Waals surface area contributed by atoms with E-state index in [1.54, 1.807) is 29.0 Å². The van der Waals surface area contributed by atoms with Gasteiger partial charge in [0.1, 0.15) is 0 Å². The molecule has 0 bridgehead atoms. The first-order chi connectivity index (χ1) is 6.46. The van der Waals surface area contributed by atoms with Gasteiger partial charge in [-0.2, -0.15) is 0 Å². The minimum absolute atomic E-state index is 0.366. The molecule has 0 radical (unpaired) electrons. The Labute approximate surface area is 97.1 Å². The zero-order chi connectivity index (χ0) is 10.8. The van der Waals surface area contributed by atoms with Crippen LogP contribution in [-0.4, -0.2) is 14.1 Å². The van der Waals surface area contributed by atoms with Gasteiger partial charge in [0.25, 0.3) is 3.79 Å². The molecule has 0 N–H and O–H groups in total. The van der Waals surface area contributed by atoms with Crippen molar-refractivity contribution in [1.29, 1.82) is 0 Å². The summed E-state index contributed by atoms with van der Waals surface area (Å²) < 4.78 is -0.242. The monoisotopic (exact) mass is 251 g/mol. The van der Waals surface area contributed by atoms with E-state index in [2.05, 4.69) is 6.58 Å². The molecule has 14 heavy (non-hydrogen) atoms. The lowest BCUT2D eigenvalue weighted by molar-refractivity contribution is 0.0988. The fourth-order valence-corrected chi connectivity index (χ4v) is 1.35. The van der Waals surface area contributed by atoms with E-state index in [1.807, 2.05) is 0 Å². The van der Waals surface area contributed by atoms with Gasteiger partial charge in [0.15, 0.2) is 0 Å². The number of nitrogens with zero attached hydrogens (tertiary/aromatic N) is 1. The van der Waals surface area contributed by atoms with Crippen molar-refractivity contribution in [3.63, 3.8) is 0 Å². The Morgan fingerprint density at radius 2 is 2.21 bits per heavy atom. The quantitative estimate of drug-likeness (QED) is 0.460. The standard InChI is InChI=1S/C9H8Cl3NO/c1-2-5-13-6-3-4-7(13)8(14)9(10,11)12/h2-4,6H,1,5H2. The normalized spacial score (nSPS) is 11.4. The highest BCUT2D eigenvalue weighted by atomic mass is 35.6. The Hall–Kier alpha value is -0.440. The molecule has 0 saturated carbocycles. The number of aromatic nitrogens is 1. The van der Waals surface area contributed by atoms with Crippen LogP contribution in [0.25, 0.3) is 0 Å². The molecule has 1 aromatic rings. The number of allylic oxidation sites excluding steroid dienone is 1. The van der Waals surface area contributed by atoms with Crippen LogP contribution in [0, 0.1) is 0 Å². The number of hydrogen-bond acceptors (Lipinski definition) is 1. The van der Waals surface area contributed by atoms with Gasteiger partial charge < -0.3 is 4.57 Å². The number of ketones is 1. The van der Waals surface area contributed by atoms with Crippen LogP contribution in [0.5, 0.6) is 0 Å². The molecule has 0 saturated heterocycles. The summed E-state index contributed by atoms with van der Waals surface area (Å²) in [5, 5.41) is 0. The Morgan fingerprint density at radius 3 is 2.71 bits per heavy atom. The summed E-state index contributed by atoms with van der Waals surface area (Å²) in [6, 6.07) is 3.32. The van der Waals surface area contributed by atoms with Crippen LogP contribution in [0.3, 0.4) is 0 Å². The maximum absolute atomic E-state index is 11.6. The zero-order valence-electron chi connectivity index (χ0n) is 7.21. The van der Waals surface area contributed by atoms with E-state index in [-0.39, 0.29) is 0 Å². The van der Waals surface area contributed by atoms with E-state index in [1.165, 1.54) is 0 Å². The van der Waals surface area contributed by atoms with Crippen LogP contribution in [0.4, 0.5) is 0 Å². The molecule has 0 aromatic carbocycles. The van der Waals surface area contributed by atoms with E-state index >= 15 is 0 Å². The first-order valence-electron chi connectivity index (χ1n) is 3.84. The summed E-state index contributed by atoms with van der Waals surface area (Å²) in [4.78, 5) is 11.6. The highest BCUT2D eigenvalue weighted by molar-refractivity contribution is 6.77. The van der Waals surface area contributed by atoms with Crippen LogP contribution in [0.15, 0.2) is 31.0 Å². The molecule has 76 valence electrons. The van der Waals surface area contributed by atoms with Crippen molar-refractivity contribution in [1.82, 2.24) is 4.57 Å². The van der Waals surface area contributed by atoms with Gasteiger partial charge in [-0.3, -0.25) is 4.79 Å². The Kier molecular flexibility index (Phi) is 3.65. The predicted octanol–water partition coefficient (Wildman–Crippen LogP) is 3.23. The molecule has 0 unspecified atom stereocenters. The van der Waals surface area contributed by atoms with Crippen molar-refractivity contribution in [2.75, 3.05) is 0 Å². The van der Waals surface area contributed by atoms with Crippen LogP contribution >= 0.6 is 34.8 Å². The molecule has 0 atom stereocenters. The van der Waals surface area contributed by atoms with Gasteiger partial charge in [0, 0.05) is 12.7 Å². The van der Waals surface area contributed by atoms with Gasteiger partial charge in [-0.1, -0.05) is 40.9 Å². The average molecular weight is 253 g/mol. The first kappa shape index (κ1) is 11.6. The van der Waals surface area contributed by atoms with Crippen molar-refractivity contribution >= 4 is 40.6 Å². The summed E-state index contributed by atoms with van der Waals surface area (Å²) in [7, 11) is 0. The molecule has 1 heterocycles. The van der Waals surface area contributed by atoms with Gasteiger partial charge >= 0.3 is 0 Å². The molecule has 5 heteroatoms. The Morgan fingerprint density at radius 1 is 1.57 bits per heavy atom. The zero-order valence-corrected chi connectivity index (χ0v) is 9.48. The largest absolute Gasteiger partial charge is 0.341 e. The third-order valence-electron chi connectivity index (χ3n) is 1.65. The number of hydrogen-bond donors (Lipinski definition) is 0. The molecule has 0 aliphatic rings. The van der Waals surface area contributed by atoms with Gasteiger partial charge in [-0.05, 0) is 12.1 Å². The Bertz CT molecular complexity index is 351. The van der Waals surface area contributed by atoms with Gasteiger partial charge in [-0.25, -0.2) is 0 Å². The third kappa shape index (κ3) is 2.53. The van der Waals surface area contributed by atoms with Gasteiger partial charge in [0.2, 0.25) is 5.78 Å². The second kappa shape index (κ2) is 4.39. The van der Waals surface area contributed by atoms with Crippen LogP contribution in [-0.2, 0) is 6.54 Å². The summed E-state index contributed by atoms with van der Waals surface area (Å²) in [5.41, 5.74) is 0.366. The Balaban J connectivity index is 3.01. The van der Waals surface area contributed by atoms with E-state index in [9.17, 15) is 4.79 Å². The molecule has 2 nitrogen and oxygen atoms in total. The molecule has 1 rings (SSSR count). The van der Waals surface area contributed by atoms with Crippen molar-refractivity contribution in [3.05, 3.63) is 36.7 Å². The maximum atomic E-state index is 11.6. The molecular weight excluding hydrogens is 244 g/mol. The SMILES string of the molecule is C=CCn1cccc1C(=O)C(Cl)(Cl)Cl. The lowest BCUT2D eigenvalue weighted by atomic mass is 10.3. The van der Waals surface area contributed by atoms with Crippen LogP contribution in [0.2, 0.25) is 0 Å². The van der Waals surface area contributed by atoms with Crippen LogP contribution in [0.1, 0.15) is 10.5 Å². The second-order valence-corrected chi connectivity index (χ2v) is 4.94. The topological polar surface area (TPSA) is 22.0 Å². The van der Waals surface area contributed by atoms with E-state index in [0.717, 1.165) is 0 Å². The van der Waals surface area contributed by atoms with Crippen molar-refractivity contribution in [2.24, 2.45) is 0 Å². The number of carbonyl (C=O) groups excluding carboxylic acids is 1. The summed E-state index contributed by atoms with van der Waals surface area (Å²) >= 11 is 16.5. The number of rotatable bonds is 3. The lowest BCUT2D eigenvalue weighted by Crippen LogP contribution is -2.22. The third-order valence-corrected chi connectivity index (χ3v) is 2.16. The fourth-order valence-electron chi connectivity index (χ4n) is 1.06. The minimum Gasteiger partial charge on any atom is -0.341 e. The first-order valence-corrected chi connectivity index (χ1v) is 4.97. The fraction of sp³-hybridized carbons (Fsp3) is 0.222. The van der Waals surface area contributed by atoms with Crippen LogP contribution < -0.4 is 0 Å². The van der Waals surface area contributed by atoms with E-state index in [0.29, 0.717) is 12.2 Å². The summed E-state index contributed by atoms with van der Waals surface area (Å²) in [5.74, 6) is -0.533. The molecule has 0 fully saturated rings. The molecule has 0 aliphatic heterocycles. The molecule has 0 aliphatic carbocycles. The number of carbonyl (C=O) groups is 1. The summed E-state index contributed by atoms with van der Waals surface area (Å²) in [6.45, 7) is 4.08. The number of Topliss-reactive ketones (excluding diaryl/α,β-unsaturated/α-hetero) is 1. The predicted molar refractivity (Wildman–Crippen MR) is 59.2 cm³/mol. The number of halogens is 3. The highest BCUT2D eigenvalue weighted by Crippen LogP contribution is 2.30. The molecule has 0 spiro atoms. The smallest absolute Gasteiger partial charge is 0.255 e. The van der Waals surface area contributed by atoms with Crippen molar-refractivity contribution < 1.29 is 4.79 Å². The van der Waals surface area contributed by atoms with E-state index in [4.69, 9.17) is 34.8 Å². The molecular formula is C9H8Cl3NO. The second-order valence-electron chi connectivity index (χ2n) is 2.66. The average Bonchev–Trinajstić information content (AvgIpc) is 2.50. The van der Waals surface area contributed by atoms with Crippen molar-refractivity contribution in [2.45, 2.75) is 10.3 Å². The highest BCUT2D eigenvalue weighted by Gasteiger charge is 2.33. The van der Waals surface area contributed by atoms with Crippen molar-refractivity contribution in [3.8, 4) is 0 Å².